The van der Waals surface area contributed by atoms with E-state index >= 15 is 0 Å². The van der Waals surface area contributed by atoms with Gasteiger partial charge in [0.05, 0.1) is 25.8 Å². The molecule has 0 bridgehead atoms. The van der Waals surface area contributed by atoms with Gasteiger partial charge in [-0.2, -0.15) is 0 Å². The molecule has 1 N–H and O–H groups in total. The van der Waals surface area contributed by atoms with Gasteiger partial charge in [-0.1, -0.05) is 0 Å². The Morgan fingerprint density at radius 1 is 1.56 bits per heavy atom. The van der Waals surface area contributed by atoms with Crippen LogP contribution in [0.15, 0.2) is 0 Å². The SMILES string of the molecule is CC(C)(C)OC(=O)N1C[C@@H](CO)OCC(F)(F)C1. The molecule has 0 radical (unpaired) electrons. The van der Waals surface area contributed by atoms with Crippen LogP contribution < -0.4 is 0 Å². The number of nitrogens with zero attached hydrogens (tertiary/aromatic N) is 1. The van der Waals surface area contributed by atoms with E-state index in [9.17, 15) is 13.6 Å². The second-order valence-corrected chi connectivity index (χ2v) is 5.33. The summed E-state index contributed by atoms with van der Waals surface area (Å²) in [4.78, 5) is 12.6. The number of carbonyl (C=O) groups is 1. The largest absolute Gasteiger partial charge is 0.444 e. The average Bonchev–Trinajstić information content (AvgIpc) is 2.34. The van der Waals surface area contributed by atoms with Crippen LogP contribution in [0.2, 0.25) is 0 Å². The highest BCUT2D eigenvalue weighted by molar-refractivity contribution is 5.68. The summed E-state index contributed by atoms with van der Waals surface area (Å²) >= 11 is 0. The van der Waals surface area contributed by atoms with Crippen LogP contribution in [0.3, 0.4) is 0 Å². The first-order valence-electron chi connectivity index (χ1n) is 5.71. The Bertz CT molecular complexity index is 304. The Balaban J connectivity index is 2.74. The summed E-state index contributed by atoms with van der Waals surface area (Å²) in [6.45, 7) is 2.86. The van der Waals surface area contributed by atoms with E-state index in [2.05, 4.69) is 0 Å². The fourth-order valence-electron chi connectivity index (χ4n) is 1.50. The van der Waals surface area contributed by atoms with Crippen molar-refractivity contribution in [2.75, 3.05) is 26.3 Å². The van der Waals surface area contributed by atoms with Gasteiger partial charge in [0.15, 0.2) is 0 Å². The molecule has 0 aliphatic carbocycles. The number of carbonyl (C=O) groups excluding carboxylic acids is 1. The van der Waals surface area contributed by atoms with E-state index in [1.54, 1.807) is 20.8 Å². The Kier molecular flexibility index (Phi) is 4.50. The predicted molar refractivity (Wildman–Crippen MR) is 59.6 cm³/mol. The molecule has 0 aromatic heterocycles. The molecule has 1 saturated heterocycles. The molecule has 0 aromatic rings. The van der Waals surface area contributed by atoms with E-state index in [0.717, 1.165) is 4.90 Å². The minimum absolute atomic E-state index is 0.110. The molecule has 1 rings (SSSR count). The van der Waals surface area contributed by atoms with Gasteiger partial charge in [-0.15, -0.1) is 0 Å². The molecule has 1 amide bonds. The van der Waals surface area contributed by atoms with Crippen molar-refractivity contribution in [3.05, 3.63) is 0 Å². The standard InChI is InChI=1S/C11H19F2NO4/c1-10(2,3)18-9(16)14-4-8(5-15)17-7-11(12,13)6-14/h8,15H,4-7H2,1-3H3/t8-/m0/s1. The zero-order valence-electron chi connectivity index (χ0n) is 10.8. The van der Waals surface area contributed by atoms with Gasteiger partial charge in [0.1, 0.15) is 12.2 Å². The van der Waals surface area contributed by atoms with Gasteiger partial charge < -0.3 is 14.6 Å². The maximum absolute atomic E-state index is 13.4. The van der Waals surface area contributed by atoms with E-state index in [1.807, 2.05) is 0 Å². The Hall–Kier alpha value is -0.950. The summed E-state index contributed by atoms with van der Waals surface area (Å²) in [7, 11) is 0. The Morgan fingerprint density at radius 3 is 2.67 bits per heavy atom. The van der Waals surface area contributed by atoms with Crippen molar-refractivity contribution < 1.29 is 28.2 Å². The fourth-order valence-corrected chi connectivity index (χ4v) is 1.50. The van der Waals surface area contributed by atoms with Gasteiger partial charge >= 0.3 is 6.09 Å². The highest BCUT2D eigenvalue weighted by atomic mass is 19.3. The molecule has 1 aliphatic rings. The predicted octanol–water partition coefficient (Wildman–Crippen LogP) is 1.25. The van der Waals surface area contributed by atoms with E-state index in [-0.39, 0.29) is 6.54 Å². The molecule has 0 unspecified atom stereocenters. The van der Waals surface area contributed by atoms with E-state index in [4.69, 9.17) is 14.6 Å². The van der Waals surface area contributed by atoms with Crippen LogP contribution in [0.25, 0.3) is 0 Å². The lowest BCUT2D eigenvalue weighted by atomic mass is 10.2. The molecule has 5 nitrogen and oxygen atoms in total. The minimum Gasteiger partial charge on any atom is -0.444 e. The first kappa shape index (κ1) is 15.1. The Morgan fingerprint density at radius 2 is 2.17 bits per heavy atom. The molecular weight excluding hydrogens is 248 g/mol. The molecule has 1 heterocycles. The van der Waals surface area contributed by atoms with Gasteiger partial charge in [0.25, 0.3) is 5.92 Å². The summed E-state index contributed by atoms with van der Waals surface area (Å²) in [5.74, 6) is -3.14. The van der Waals surface area contributed by atoms with Crippen LogP contribution in [-0.2, 0) is 9.47 Å². The van der Waals surface area contributed by atoms with Crippen LogP contribution in [0.1, 0.15) is 20.8 Å². The number of aliphatic hydroxyl groups is 1. The van der Waals surface area contributed by atoms with Crippen molar-refractivity contribution in [1.29, 1.82) is 0 Å². The van der Waals surface area contributed by atoms with Crippen molar-refractivity contribution in [1.82, 2.24) is 4.90 Å². The first-order chi connectivity index (χ1) is 8.13. The summed E-state index contributed by atoms with van der Waals surface area (Å²) in [6.07, 6.45) is -1.64. The van der Waals surface area contributed by atoms with E-state index in [0.29, 0.717) is 0 Å². The zero-order chi connectivity index (χ0) is 14.0. The first-order valence-corrected chi connectivity index (χ1v) is 5.71. The number of ether oxygens (including phenoxy) is 2. The Labute approximate surface area is 105 Å². The average molecular weight is 267 g/mol. The van der Waals surface area contributed by atoms with Gasteiger partial charge in [0, 0.05) is 0 Å². The summed E-state index contributed by atoms with van der Waals surface area (Å²) < 4.78 is 36.6. The second-order valence-electron chi connectivity index (χ2n) is 5.33. The van der Waals surface area contributed by atoms with Crippen molar-refractivity contribution in [3.63, 3.8) is 0 Å². The smallest absolute Gasteiger partial charge is 0.410 e. The molecule has 18 heavy (non-hydrogen) atoms. The van der Waals surface area contributed by atoms with Crippen LogP contribution in [0.5, 0.6) is 0 Å². The molecule has 1 fully saturated rings. The molecule has 1 aliphatic heterocycles. The molecule has 1 atom stereocenters. The van der Waals surface area contributed by atoms with Crippen LogP contribution >= 0.6 is 0 Å². The second kappa shape index (κ2) is 5.36. The van der Waals surface area contributed by atoms with Crippen LogP contribution in [-0.4, -0.2) is 60.0 Å². The maximum atomic E-state index is 13.4. The van der Waals surface area contributed by atoms with Crippen LogP contribution in [0.4, 0.5) is 13.6 Å². The molecule has 7 heteroatoms. The van der Waals surface area contributed by atoms with E-state index < -0.39 is 43.5 Å². The van der Waals surface area contributed by atoms with Crippen molar-refractivity contribution >= 4 is 6.09 Å². The lowest BCUT2D eigenvalue weighted by Crippen LogP contribution is -2.44. The van der Waals surface area contributed by atoms with Crippen molar-refractivity contribution in [2.24, 2.45) is 0 Å². The maximum Gasteiger partial charge on any atom is 0.410 e. The number of alkyl halides is 2. The summed E-state index contributed by atoms with van der Waals surface area (Å²) in [6, 6.07) is 0. The third-order valence-corrected chi connectivity index (χ3v) is 2.23. The molecule has 0 aromatic carbocycles. The third-order valence-electron chi connectivity index (χ3n) is 2.23. The zero-order valence-corrected chi connectivity index (χ0v) is 10.8. The number of aliphatic hydroxyl groups excluding tert-OH is 1. The number of amides is 1. The molecule has 106 valence electrons. The van der Waals surface area contributed by atoms with Gasteiger partial charge in [-0.3, -0.25) is 4.90 Å². The minimum atomic E-state index is -3.14. The van der Waals surface area contributed by atoms with Gasteiger partial charge in [0.2, 0.25) is 0 Å². The highest BCUT2D eigenvalue weighted by Crippen LogP contribution is 2.22. The number of hydrogen-bond donors (Lipinski definition) is 1. The van der Waals surface area contributed by atoms with E-state index in [1.165, 1.54) is 0 Å². The number of halogens is 2. The van der Waals surface area contributed by atoms with Crippen molar-refractivity contribution in [2.45, 2.75) is 38.4 Å². The molecule has 0 spiro atoms. The van der Waals surface area contributed by atoms with Crippen LogP contribution in [0, 0.1) is 0 Å². The summed E-state index contributed by atoms with van der Waals surface area (Å²) in [5, 5.41) is 8.97. The highest BCUT2D eigenvalue weighted by Gasteiger charge is 2.40. The number of rotatable bonds is 1. The monoisotopic (exact) mass is 267 g/mol. The van der Waals surface area contributed by atoms with Gasteiger partial charge in [-0.25, -0.2) is 13.6 Å². The van der Waals surface area contributed by atoms with Crippen molar-refractivity contribution in [3.8, 4) is 0 Å². The number of hydrogen-bond acceptors (Lipinski definition) is 4. The topological polar surface area (TPSA) is 59.0 Å². The lowest BCUT2D eigenvalue weighted by molar-refractivity contribution is -0.0885. The molecular formula is C11H19F2NO4. The van der Waals surface area contributed by atoms with Gasteiger partial charge in [-0.05, 0) is 20.8 Å². The third kappa shape index (κ3) is 4.73. The fraction of sp³-hybridized carbons (Fsp3) is 0.909. The quantitative estimate of drug-likeness (QED) is 0.776. The summed E-state index contributed by atoms with van der Waals surface area (Å²) in [5.41, 5.74) is -0.756. The lowest BCUT2D eigenvalue weighted by Gasteiger charge is -2.28. The molecule has 0 saturated carbocycles. The normalized spacial score (nSPS) is 24.6.